The molecule has 1 unspecified atom stereocenters. The molecular formula is C15H22O. The van der Waals surface area contributed by atoms with Gasteiger partial charge >= 0.3 is 0 Å². The number of aliphatic hydroxyl groups is 1. The van der Waals surface area contributed by atoms with Crippen LogP contribution in [-0.4, -0.2) is 10.7 Å². The fourth-order valence-electron chi connectivity index (χ4n) is 2.99. The Balaban J connectivity index is 2.10. The van der Waals surface area contributed by atoms with Gasteiger partial charge in [0.25, 0.3) is 0 Å². The van der Waals surface area contributed by atoms with Crippen molar-refractivity contribution in [2.75, 3.05) is 0 Å². The molecule has 1 fully saturated rings. The third kappa shape index (κ3) is 2.65. The van der Waals surface area contributed by atoms with Crippen molar-refractivity contribution in [2.45, 2.75) is 52.1 Å². The molecule has 1 aliphatic carbocycles. The molecule has 2 rings (SSSR count). The monoisotopic (exact) mass is 218 g/mol. The van der Waals surface area contributed by atoms with Crippen LogP contribution in [0.5, 0.6) is 0 Å². The Hall–Kier alpha value is -0.820. The van der Waals surface area contributed by atoms with Crippen LogP contribution >= 0.6 is 0 Å². The van der Waals surface area contributed by atoms with Gasteiger partial charge in [0.05, 0.1) is 5.60 Å². The van der Waals surface area contributed by atoms with Crippen molar-refractivity contribution < 1.29 is 5.11 Å². The topological polar surface area (TPSA) is 20.2 Å². The van der Waals surface area contributed by atoms with E-state index in [1.54, 1.807) is 0 Å². The van der Waals surface area contributed by atoms with Gasteiger partial charge in [0.1, 0.15) is 0 Å². The van der Waals surface area contributed by atoms with Crippen molar-refractivity contribution in [1.29, 1.82) is 0 Å². The van der Waals surface area contributed by atoms with Crippen molar-refractivity contribution in [3.63, 3.8) is 0 Å². The van der Waals surface area contributed by atoms with Crippen LogP contribution < -0.4 is 0 Å². The van der Waals surface area contributed by atoms with Gasteiger partial charge in [0.15, 0.2) is 0 Å². The summed E-state index contributed by atoms with van der Waals surface area (Å²) in [6.07, 6.45) is 3.80. The molecule has 0 spiro atoms. The van der Waals surface area contributed by atoms with E-state index in [1.807, 2.05) is 0 Å². The van der Waals surface area contributed by atoms with Crippen LogP contribution in [0.2, 0.25) is 0 Å². The highest BCUT2D eigenvalue weighted by atomic mass is 16.3. The van der Waals surface area contributed by atoms with Gasteiger partial charge < -0.3 is 5.11 Å². The van der Waals surface area contributed by atoms with E-state index in [0.717, 1.165) is 25.7 Å². The summed E-state index contributed by atoms with van der Waals surface area (Å²) in [7, 11) is 0. The first-order valence-electron chi connectivity index (χ1n) is 6.17. The molecule has 0 aromatic heterocycles. The van der Waals surface area contributed by atoms with Gasteiger partial charge in [-0.25, -0.2) is 0 Å². The lowest BCUT2D eigenvalue weighted by Crippen LogP contribution is -2.29. The van der Waals surface area contributed by atoms with Crippen molar-refractivity contribution in [1.82, 2.24) is 0 Å². The third-order valence-electron chi connectivity index (χ3n) is 3.69. The van der Waals surface area contributed by atoms with Crippen LogP contribution in [-0.2, 0) is 6.42 Å². The quantitative estimate of drug-likeness (QED) is 0.805. The first kappa shape index (κ1) is 11.7. The molecule has 0 amide bonds. The molecule has 0 bridgehead atoms. The molecule has 88 valence electrons. The normalized spacial score (nSPS) is 28.2. The molecule has 1 heteroatoms. The summed E-state index contributed by atoms with van der Waals surface area (Å²) >= 11 is 0. The zero-order valence-electron chi connectivity index (χ0n) is 10.6. The molecule has 0 heterocycles. The largest absolute Gasteiger partial charge is 0.390 e. The Morgan fingerprint density at radius 1 is 1.25 bits per heavy atom. The van der Waals surface area contributed by atoms with Crippen LogP contribution in [0.4, 0.5) is 0 Å². The summed E-state index contributed by atoms with van der Waals surface area (Å²) in [5.74, 6) is 0. The lowest BCUT2D eigenvalue weighted by atomic mass is 9.86. The van der Waals surface area contributed by atoms with E-state index in [4.69, 9.17) is 0 Å². The highest BCUT2D eigenvalue weighted by molar-refractivity contribution is 5.24. The molecule has 0 saturated heterocycles. The van der Waals surface area contributed by atoms with Gasteiger partial charge in [0, 0.05) is 6.42 Å². The van der Waals surface area contributed by atoms with E-state index in [0.29, 0.717) is 5.41 Å². The maximum atomic E-state index is 10.6. The Labute approximate surface area is 98.5 Å². The third-order valence-corrected chi connectivity index (χ3v) is 3.69. The van der Waals surface area contributed by atoms with Crippen LogP contribution in [0.1, 0.15) is 44.2 Å². The maximum absolute atomic E-state index is 10.6. The standard InChI is InChI=1S/C15H22O/c1-12-5-4-6-13(9-12)10-15(16)8-7-14(2,3)11-15/h4-6,9,16H,7-8,10-11H2,1-3H3. The summed E-state index contributed by atoms with van der Waals surface area (Å²) in [6.45, 7) is 6.61. The van der Waals surface area contributed by atoms with Crippen LogP contribution in [0.25, 0.3) is 0 Å². The van der Waals surface area contributed by atoms with Gasteiger partial charge in [-0.1, -0.05) is 43.7 Å². The molecule has 1 saturated carbocycles. The van der Waals surface area contributed by atoms with Crippen molar-refractivity contribution in [3.05, 3.63) is 35.4 Å². The Morgan fingerprint density at radius 3 is 2.56 bits per heavy atom. The highest BCUT2D eigenvalue weighted by Gasteiger charge is 2.41. The summed E-state index contributed by atoms with van der Waals surface area (Å²) in [6, 6.07) is 8.49. The van der Waals surface area contributed by atoms with Crippen LogP contribution in [0.15, 0.2) is 24.3 Å². The predicted octanol–water partition coefficient (Wildman–Crippen LogP) is 3.48. The summed E-state index contributed by atoms with van der Waals surface area (Å²) in [5, 5.41) is 10.6. The van der Waals surface area contributed by atoms with Gasteiger partial charge in [-0.3, -0.25) is 0 Å². The molecule has 1 nitrogen and oxygen atoms in total. The van der Waals surface area contributed by atoms with Crippen molar-refractivity contribution in [3.8, 4) is 0 Å². The van der Waals surface area contributed by atoms with Crippen molar-refractivity contribution >= 4 is 0 Å². The molecule has 1 aliphatic rings. The zero-order valence-corrected chi connectivity index (χ0v) is 10.6. The molecule has 0 radical (unpaired) electrons. The fraction of sp³-hybridized carbons (Fsp3) is 0.600. The Morgan fingerprint density at radius 2 is 2.00 bits per heavy atom. The van der Waals surface area contributed by atoms with Crippen molar-refractivity contribution in [2.24, 2.45) is 5.41 Å². The Bertz CT molecular complexity index is 381. The van der Waals surface area contributed by atoms with E-state index >= 15 is 0 Å². The van der Waals surface area contributed by atoms with E-state index in [9.17, 15) is 5.11 Å². The van der Waals surface area contributed by atoms with Crippen LogP contribution in [0.3, 0.4) is 0 Å². The predicted molar refractivity (Wildman–Crippen MR) is 67.5 cm³/mol. The van der Waals surface area contributed by atoms with E-state index in [1.165, 1.54) is 11.1 Å². The maximum Gasteiger partial charge on any atom is 0.0693 e. The highest BCUT2D eigenvalue weighted by Crippen LogP contribution is 2.44. The molecule has 1 aromatic rings. The summed E-state index contributed by atoms with van der Waals surface area (Å²) in [4.78, 5) is 0. The summed E-state index contributed by atoms with van der Waals surface area (Å²) in [5.41, 5.74) is 2.37. The van der Waals surface area contributed by atoms with Gasteiger partial charge in [0.2, 0.25) is 0 Å². The lowest BCUT2D eigenvalue weighted by Gasteiger charge is -2.25. The smallest absolute Gasteiger partial charge is 0.0693 e. The zero-order chi connectivity index (χ0) is 11.8. The number of benzene rings is 1. The first-order valence-corrected chi connectivity index (χ1v) is 6.17. The van der Waals surface area contributed by atoms with Gasteiger partial charge in [-0.15, -0.1) is 0 Å². The van der Waals surface area contributed by atoms with E-state index < -0.39 is 5.60 Å². The average Bonchev–Trinajstić information content (AvgIpc) is 2.40. The fourth-order valence-corrected chi connectivity index (χ4v) is 2.99. The number of aryl methyl sites for hydroxylation is 1. The minimum atomic E-state index is -0.475. The van der Waals surface area contributed by atoms with E-state index in [2.05, 4.69) is 45.0 Å². The minimum Gasteiger partial charge on any atom is -0.390 e. The second-order valence-electron chi connectivity index (χ2n) is 6.23. The molecule has 1 aromatic carbocycles. The SMILES string of the molecule is Cc1cccc(CC2(O)CCC(C)(C)C2)c1. The molecule has 1 atom stereocenters. The minimum absolute atomic E-state index is 0.304. The number of hydrogen-bond acceptors (Lipinski definition) is 1. The Kier molecular flexibility index (Phi) is 2.83. The second-order valence-corrected chi connectivity index (χ2v) is 6.23. The lowest BCUT2D eigenvalue weighted by molar-refractivity contribution is 0.0379. The molecule has 1 N–H and O–H groups in total. The summed E-state index contributed by atoms with van der Waals surface area (Å²) < 4.78 is 0. The van der Waals surface area contributed by atoms with E-state index in [-0.39, 0.29) is 0 Å². The molecule has 0 aliphatic heterocycles. The number of rotatable bonds is 2. The first-order chi connectivity index (χ1) is 7.39. The second kappa shape index (κ2) is 3.89. The number of hydrogen-bond donors (Lipinski definition) is 1. The molecule has 16 heavy (non-hydrogen) atoms. The van der Waals surface area contributed by atoms with Gasteiger partial charge in [-0.2, -0.15) is 0 Å². The average molecular weight is 218 g/mol. The van der Waals surface area contributed by atoms with Crippen LogP contribution in [0, 0.1) is 12.3 Å². The van der Waals surface area contributed by atoms with Gasteiger partial charge in [-0.05, 0) is 37.2 Å². The molecular weight excluding hydrogens is 196 g/mol.